The molecule has 0 aliphatic rings. The van der Waals surface area contributed by atoms with Crippen molar-refractivity contribution in [2.75, 3.05) is 11.9 Å². The lowest BCUT2D eigenvalue weighted by molar-refractivity contribution is -0.137. The Labute approximate surface area is 123 Å². The molecule has 0 bridgehead atoms. The number of nitrogens with one attached hydrogen (secondary N) is 1. The van der Waals surface area contributed by atoms with Crippen molar-refractivity contribution in [3.63, 3.8) is 0 Å². The topological polar surface area (TPSA) is 69.6 Å². The minimum atomic E-state index is -0.889. The molecule has 0 aliphatic heterocycles. The average molecular weight is 296 g/mol. The van der Waals surface area contributed by atoms with Gasteiger partial charge in [-0.25, -0.2) is 9.18 Å². The number of amides is 2. The summed E-state index contributed by atoms with van der Waals surface area (Å²) in [6.45, 7) is 5.62. The number of halogens is 1. The van der Waals surface area contributed by atoms with Gasteiger partial charge in [0.05, 0.1) is 0 Å². The van der Waals surface area contributed by atoms with Gasteiger partial charge in [0.25, 0.3) is 0 Å². The lowest BCUT2D eigenvalue weighted by Crippen LogP contribution is -2.41. The fraction of sp³-hybridized carbons (Fsp3) is 0.467. The van der Waals surface area contributed by atoms with Gasteiger partial charge in [-0.15, -0.1) is 0 Å². The summed E-state index contributed by atoms with van der Waals surface area (Å²) in [5.74, 6) is -1.27. The highest BCUT2D eigenvalue weighted by molar-refractivity contribution is 5.90. The molecule has 0 spiro atoms. The fourth-order valence-electron chi connectivity index (χ4n) is 1.92. The molecule has 5 nitrogen and oxygen atoms in total. The van der Waals surface area contributed by atoms with Gasteiger partial charge in [0.1, 0.15) is 5.82 Å². The third-order valence-electron chi connectivity index (χ3n) is 3.18. The van der Waals surface area contributed by atoms with Crippen LogP contribution in [-0.2, 0) is 4.79 Å². The van der Waals surface area contributed by atoms with Gasteiger partial charge >= 0.3 is 12.0 Å². The predicted molar refractivity (Wildman–Crippen MR) is 78.9 cm³/mol. The van der Waals surface area contributed by atoms with Crippen LogP contribution in [0.5, 0.6) is 0 Å². The second-order valence-corrected chi connectivity index (χ2v) is 5.13. The maximum absolute atomic E-state index is 13.5. The highest BCUT2D eigenvalue weighted by atomic mass is 19.1. The highest BCUT2D eigenvalue weighted by Gasteiger charge is 2.18. The molecule has 1 aromatic carbocycles. The molecule has 1 aromatic rings. The van der Waals surface area contributed by atoms with Crippen LogP contribution in [0, 0.1) is 12.7 Å². The summed E-state index contributed by atoms with van der Waals surface area (Å²) in [5, 5.41) is 11.3. The number of urea groups is 1. The number of carboxylic acid groups (broad SMARTS) is 1. The third-order valence-corrected chi connectivity index (χ3v) is 3.18. The molecule has 0 aromatic heterocycles. The van der Waals surface area contributed by atoms with Crippen LogP contribution in [0.2, 0.25) is 0 Å². The number of benzene rings is 1. The summed E-state index contributed by atoms with van der Waals surface area (Å²) >= 11 is 0. The molecule has 0 unspecified atom stereocenters. The van der Waals surface area contributed by atoms with Gasteiger partial charge in [-0.3, -0.25) is 4.79 Å². The van der Waals surface area contributed by atoms with E-state index in [0.717, 1.165) is 0 Å². The number of carboxylic acids is 1. The quantitative estimate of drug-likeness (QED) is 0.846. The number of anilines is 1. The highest BCUT2D eigenvalue weighted by Crippen LogP contribution is 2.18. The molecule has 0 aliphatic carbocycles. The minimum Gasteiger partial charge on any atom is -0.481 e. The number of nitrogens with zero attached hydrogens (tertiary/aromatic N) is 1. The number of rotatable bonds is 6. The van der Waals surface area contributed by atoms with E-state index in [0.29, 0.717) is 24.2 Å². The number of aliphatic carboxylic acids is 1. The lowest BCUT2D eigenvalue weighted by Gasteiger charge is -2.27. The molecule has 0 saturated heterocycles. The van der Waals surface area contributed by atoms with Crippen LogP contribution in [0.25, 0.3) is 0 Å². The Morgan fingerprint density at radius 3 is 2.62 bits per heavy atom. The largest absolute Gasteiger partial charge is 0.481 e. The molecule has 1 rings (SSSR count). The zero-order valence-electron chi connectivity index (χ0n) is 12.5. The van der Waals surface area contributed by atoms with E-state index < -0.39 is 5.97 Å². The van der Waals surface area contributed by atoms with E-state index in [1.54, 1.807) is 13.0 Å². The molecule has 0 fully saturated rings. The first-order valence-corrected chi connectivity index (χ1v) is 6.87. The van der Waals surface area contributed by atoms with Gasteiger partial charge < -0.3 is 15.3 Å². The number of carbonyl (C=O) groups is 2. The van der Waals surface area contributed by atoms with Gasteiger partial charge in [0.15, 0.2) is 0 Å². The van der Waals surface area contributed by atoms with E-state index in [-0.39, 0.29) is 24.3 Å². The lowest BCUT2D eigenvalue weighted by atomic mass is 10.2. The molecule has 116 valence electrons. The van der Waals surface area contributed by atoms with Crippen molar-refractivity contribution < 1.29 is 19.1 Å². The van der Waals surface area contributed by atoms with Gasteiger partial charge in [-0.1, -0.05) is 6.07 Å². The Kier molecular flexibility index (Phi) is 6.14. The summed E-state index contributed by atoms with van der Waals surface area (Å²) in [7, 11) is 0. The molecule has 0 heterocycles. The maximum atomic E-state index is 13.5. The zero-order valence-corrected chi connectivity index (χ0v) is 12.5. The second kappa shape index (κ2) is 7.61. The summed E-state index contributed by atoms with van der Waals surface area (Å²) < 4.78 is 13.5. The van der Waals surface area contributed by atoms with Crippen molar-refractivity contribution in [2.24, 2.45) is 0 Å². The van der Waals surface area contributed by atoms with Crippen LogP contribution >= 0.6 is 0 Å². The van der Waals surface area contributed by atoms with E-state index in [1.807, 2.05) is 13.8 Å². The van der Waals surface area contributed by atoms with Crippen molar-refractivity contribution in [2.45, 2.75) is 39.7 Å². The van der Waals surface area contributed by atoms with Crippen molar-refractivity contribution in [3.8, 4) is 0 Å². The first-order valence-electron chi connectivity index (χ1n) is 6.87. The first-order chi connectivity index (χ1) is 9.82. The smallest absolute Gasteiger partial charge is 0.322 e. The van der Waals surface area contributed by atoms with E-state index in [4.69, 9.17) is 5.11 Å². The van der Waals surface area contributed by atoms with Crippen LogP contribution in [0.3, 0.4) is 0 Å². The van der Waals surface area contributed by atoms with Crippen LogP contribution < -0.4 is 5.32 Å². The zero-order chi connectivity index (χ0) is 16.0. The SMILES string of the molecule is Cc1c(F)cccc1NC(=O)N(CCCC(=O)O)C(C)C. The molecule has 0 atom stereocenters. The molecular weight excluding hydrogens is 275 g/mol. The standard InChI is InChI=1S/C15H21FN2O3/c1-10(2)18(9-5-8-14(19)20)15(21)17-13-7-4-6-12(16)11(13)3/h4,6-7,10H,5,8-9H2,1-3H3,(H,17,21)(H,19,20). The average Bonchev–Trinajstić information content (AvgIpc) is 2.39. The van der Waals surface area contributed by atoms with Gasteiger partial charge in [0.2, 0.25) is 0 Å². The number of carbonyl (C=O) groups excluding carboxylic acids is 1. The van der Waals surface area contributed by atoms with Crippen molar-refractivity contribution in [1.82, 2.24) is 4.90 Å². The van der Waals surface area contributed by atoms with E-state index >= 15 is 0 Å². The van der Waals surface area contributed by atoms with Crippen molar-refractivity contribution in [1.29, 1.82) is 0 Å². The van der Waals surface area contributed by atoms with E-state index in [2.05, 4.69) is 5.32 Å². The monoisotopic (exact) mass is 296 g/mol. The normalized spacial score (nSPS) is 10.5. The van der Waals surface area contributed by atoms with Gasteiger partial charge in [-0.05, 0) is 39.3 Å². The molecule has 2 N–H and O–H groups in total. The Morgan fingerprint density at radius 1 is 1.38 bits per heavy atom. The Morgan fingerprint density at radius 2 is 2.05 bits per heavy atom. The van der Waals surface area contributed by atoms with Gasteiger partial charge in [0, 0.05) is 30.3 Å². The van der Waals surface area contributed by atoms with Crippen molar-refractivity contribution >= 4 is 17.7 Å². The molecule has 0 saturated carbocycles. The molecule has 6 heteroatoms. The Balaban J connectivity index is 2.73. The molecule has 21 heavy (non-hydrogen) atoms. The van der Waals surface area contributed by atoms with E-state index in [1.165, 1.54) is 17.0 Å². The Hall–Kier alpha value is -2.11. The van der Waals surface area contributed by atoms with Crippen LogP contribution in [0.1, 0.15) is 32.3 Å². The Bertz CT molecular complexity index is 518. The number of hydrogen-bond donors (Lipinski definition) is 2. The third kappa shape index (κ3) is 5.06. The van der Waals surface area contributed by atoms with Gasteiger partial charge in [-0.2, -0.15) is 0 Å². The molecular formula is C15H21FN2O3. The second-order valence-electron chi connectivity index (χ2n) is 5.13. The first kappa shape index (κ1) is 16.9. The van der Waals surface area contributed by atoms with Crippen molar-refractivity contribution in [3.05, 3.63) is 29.6 Å². The summed E-state index contributed by atoms with van der Waals surface area (Å²) in [6, 6.07) is 4.06. The maximum Gasteiger partial charge on any atom is 0.322 e. The fourth-order valence-corrected chi connectivity index (χ4v) is 1.92. The van der Waals surface area contributed by atoms with Crippen LogP contribution in [0.15, 0.2) is 18.2 Å². The van der Waals surface area contributed by atoms with Crippen LogP contribution in [0.4, 0.5) is 14.9 Å². The molecule has 0 radical (unpaired) electrons. The summed E-state index contributed by atoms with van der Waals surface area (Å²) in [5.41, 5.74) is 0.795. The summed E-state index contributed by atoms with van der Waals surface area (Å²) in [4.78, 5) is 24.3. The van der Waals surface area contributed by atoms with E-state index in [9.17, 15) is 14.0 Å². The summed E-state index contributed by atoms with van der Waals surface area (Å²) in [6.07, 6.45) is 0.387. The van der Waals surface area contributed by atoms with Crippen LogP contribution in [-0.4, -0.2) is 34.6 Å². The minimum absolute atomic E-state index is 0.00942. The predicted octanol–water partition coefficient (Wildman–Crippen LogP) is 3.24. The molecule has 2 amide bonds. The number of hydrogen-bond acceptors (Lipinski definition) is 2.